The molecular formula is C8H11NOS. The summed E-state index contributed by atoms with van der Waals surface area (Å²) < 4.78 is 4.96. The third kappa shape index (κ3) is 2.26. The molecule has 0 atom stereocenters. The van der Waals surface area contributed by atoms with E-state index in [1.54, 1.807) is 6.20 Å². The molecule has 0 spiro atoms. The molecule has 1 aliphatic rings. The lowest BCUT2D eigenvalue weighted by atomic mass is 10.5. The zero-order valence-electron chi connectivity index (χ0n) is 6.32. The molecule has 1 heterocycles. The van der Waals surface area contributed by atoms with Crippen LogP contribution in [0.2, 0.25) is 0 Å². The van der Waals surface area contributed by atoms with E-state index in [0.717, 1.165) is 17.4 Å². The molecule has 1 saturated carbocycles. The number of aromatic nitrogens is 1. The van der Waals surface area contributed by atoms with Gasteiger partial charge in [-0.1, -0.05) is 5.16 Å². The molecule has 11 heavy (non-hydrogen) atoms. The predicted octanol–water partition coefficient (Wildman–Crippen LogP) is 2.32. The second-order valence-electron chi connectivity index (χ2n) is 2.94. The lowest BCUT2D eigenvalue weighted by Crippen LogP contribution is -1.81. The highest BCUT2D eigenvalue weighted by molar-refractivity contribution is 7.98. The number of nitrogens with zero attached hydrogens (tertiary/aromatic N) is 1. The van der Waals surface area contributed by atoms with Crippen LogP contribution >= 0.6 is 11.8 Å². The molecule has 1 fully saturated rings. The highest BCUT2D eigenvalue weighted by atomic mass is 32.2. The molecular weight excluding hydrogens is 158 g/mol. The fourth-order valence-corrected chi connectivity index (χ4v) is 2.06. The lowest BCUT2D eigenvalue weighted by Gasteiger charge is -1.93. The van der Waals surface area contributed by atoms with Crippen LogP contribution in [0.25, 0.3) is 0 Å². The fraction of sp³-hybridized carbons (Fsp3) is 0.625. The first-order chi connectivity index (χ1) is 5.45. The molecule has 0 aliphatic heterocycles. The van der Waals surface area contributed by atoms with E-state index in [2.05, 4.69) is 5.16 Å². The number of hydrogen-bond donors (Lipinski definition) is 0. The van der Waals surface area contributed by atoms with Gasteiger partial charge in [0.15, 0.2) is 0 Å². The van der Waals surface area contributed by atoms with Crippen LogP contribution in [0.3, 0.4) is 0 Å². The maximum atomic E-state index is 4.96. The maximum absolute atomic E-state index is 4.96. The first-order valence-electron chi connectivity index (χ1n) is 3.92. The average Bonchev–Trinajstić information content (AvgIpc) is 2.66. The summed E-state index contributed by atoms with van der Waals surface area (Å²) in [5, 5.41) is 3.65. The van der Waals surface area contributed by atoms with Crippen molar-refractivity contribution in [3.8, 4) is 0 Å². The zero-order chi connectivity index (χ0) is 7.52. The Morgan fingerprint density at radius 3 is 3.18 bits per heavy atom. The summed E-state index contributed by atoms with van der Waals surface area (Å²) in [6.45, 7) is 0. The standard InChI is InChI=1S/C8H11NOS/c1-2-7(1)5-11-6-8-3-4-9-10-8/h3-4,7H,1-2,5-6H2. The van der Waals surface area contributed by atoms with Gasteiger partial charge in [-0.25, -0.2) is 0 Å². The van der Waals surface area contributed by atoms with E-state index < -0.39 is 0 Å². The topological polar surface area (TPSA) is 26.0 Å². The van der Waals surface area contributed by atoms with Gasteiger partial charge in [-0.3, -0.25) is 0 Å². The Morgan fingerprint density at radius 1 is 1.64 bits per heavy atom. The van der Waals surface area contributed by atoms with Crippen LogP contribution < -0.4 is 0 Å². The Hall–Kier alpha value is -0.440. The summed E-state index contributed by atoms with van der Waals surface area (Å²) in [4.78, 5) is 0. The summed E-state index contributed by atoms with van der Waals surface area (Å²) in [6, 6.07) is 1.93. The van der Waals surface area contributed by atoms with Gasteiger partial charge in [0, 0.05) is 6.07 Å². The Balaban J connectivity index is 1.66. The largest absolute Gasteiger partial charge is 0.361 e. The van der Waals surface area contributed by atoms with E-state index in [-0.39, 0.29) is 0 Å². The molecule has 2 rings (SSSR count). The summed E-state index contributed by atoms with van der Waals surface area (Å²) in [7, 11) is 0. The Bertz CT molecular complexity index is 206. The fourth-order valence-electron chi connectivity index (χ4n) is 0.927. The minimum absolute atomic E-state index is 0.983. The molecule has 60 valence electrons. The average molecular weight is 169 g/mol. The van der Waals surface area contributed by atoms with Gasteiger partial charge in [0.05, 0.1) is 11.9 Å². The maximum Gasteiger partial charge on any atom is 0.146 e. The van der Waals surface area contributed by atoms with Gasteiger partial charge >= 0.3 is 0 Å². The molecule has 3 heteroatoms. The lowest BCUT2D eigenvalue weighted by molar-refractivity contribution is 0.395. The highest BCUT2D eigenvalue weighted by Gasteiger charge is 2.20. The second kappa shape index (κ2) is 3.30. The van der Waals surface area contributed by atoms with Gasteiger partial charge in [-0.05, 0) is 24.5 Å². The van der Waals surface area contributed by atoms with E-state index in [1.807, 2.05) is 17.8 Å². The third-order valence-corrected chi connectivity index (χ3v) is 2.98. The van der Waals surface area contributed by atoms with Crippen molar-refractivity contribution < 1.29 is 4.52 Å². The summed E-state index contributed by atoms with van der Waals surface area (Å²) in [6.07, 6.45) is 4.57. The van der Waals surface area contributed by atoms with Gasteiger partial charge in [0.2, 0.25) is 0 Å². The van der Waals surface area contributed by atoms with E-state index >= 15 is 0 Å². The van der Waals surface area contributed by atoms with Crippen molar-refractivity contribution in [2.24, 2.45) is 5.92 Å². The van der Waals surface area contributed by atoms with Crippen molar-refractivity contribution >= 4 is 11.8 Å². The molecule has 0 bridgehead atoms. The summed E-state index contributed by atoms with van der Waals surface area (Å²) in [5.74, 6) is 4.27. The van der Waals surface area contributed by atoms with Crippen molar-refractivity contribution in [2.45, 2.75) is 18.6 Å². The third-order valence-electron chi connectivity index (χ3n) is 1.79. The van der Waals surface area contributed by atoms with Crippen molar-refractivity contribution in [1.82, 2.24) is 5.16 Å². The molecule has 0 unspecified atom stereocenters. The molecule has 1 aromatic rings. The quantitative estimate of drug-likeness (QED) is 0.691. The summed E-state index contributed by atoms with van der Waals surface area (Å²) in [5.41, 5.74) is 0. The van der Waals surface area contributed by atoms with Crippen molar-refractivity contribution in [1.29, 1.82) is 0 Å². The Kier molecular flexibility index (Phi) is 2.17. The minimum atomic E-state index is 0.983. The van der Waals surface area contributed by atoms with E-state index in [4.69, 9.17) is 4.52 Å². The van der Waals surface area contributed by atoms with Crippen molar-refractivity contribution in [3.05, 3.63) is 18.0 Å². The molecule has 0 saturated heterocycles. The number of thioether (sulfide) groups is 1. The Morgan fingerprint density at radius 2 is 2.55 bits per heavy atom. The van der Waals surface area contributed by atoms with Gasteiger partial charge in [0.1, 0.15) is 5.76 Å². The molecule has 1 aliphatic carbocycles. The van der Waals surface area contributed by atoms with Gasteiger partial charge in [0.25, 0.3) is 0 Å². The first-order valence-corrected chi connectivity index (χ1v) is 5.08. The first kappa shape index (κ1) is 7.22. The van der Waals surface area contributed by atoms with Crippen molar-refractivity contribution in [2.75, 3.05) is 5.75 Å². The van der Waals surface area contributed by atoms with Gasteiger partial charge in [-0.15, -0.1) is 0 Å². The van der Waals surface area contributed by atoms with Crippen LogP contribution in [-0.4, -0.2) is 10.9 Å². The smallest absolute Gasteiger partial charge is 0.146 e. The van der Waals surface area contributed by atoms with E-state index in [9.17, 15) is 0 Å². The van der Waals surface area contributed by atoms with Gasteiger partial charge < -0.3 is 4.52 Å². The second-order valence-corrected chi connectivity index (χ2v) is 3.97. The summed E-state index contributed by atoms with van der Waals surface area (Å²) >= 11 is 1.95. The SMILES string of the molecule is c1cc(CSCC2CC2)on1. The monoisotopic (exact) mass is 169 g/mol. The van der Waals surface area contributed by atoms with Gasteiger partial charge in [-0.2, -0.15) is 11.8 Å². The zero-order valence-corrected chi connectivity index (χ0v) is 7.14. The highest BCUT2D eigenvalue weighted by Crippen LogP contribution is 2.33. The van der Waals surface area contributed by atoms with Crippen LogP contribution in [0.5, 0.6) is 0 Å². The minimum Gasteiger partial charge on any atom is -0.361 e. The van der Waals surface area contributed by atoms with E-state index in [1.165, 1.54) is 18.6 Å². The van der Waals surface area contributed by atoms with Crippen molar-refractivity contribution in [3.63, 3.8) is 0 Å². The normalized spacial score (nSPS) is 17.1. The van der Waals surface area contributed by atoms with Crippen LogP contribution in [0, 0.1) is 5.92 Å². The molecule has 1 aromatic heterocycles. The molecule has 2 nitrogen and oxygen atoms in total. The number of rotatable bonds is 4. The van der Waals surface area contributed by atoms with Crippen LogP contribution in [0.1, 0.15) is 18.6 Å². The van der Waals surface area contributed by atoms with Crippen LogP contribution in [-0.2, 0) is 5.75 Å². The predicted molar refractivity (Wildman–Crippen MR) is 45.4 cm³/mol. The molecule has 0 amide bonds. The molecule has 0 radical (unpaired) electrons. The Labute approximate surface area is 70.3 Å². The van der Waals surface area contributed by atoms with Crippen LogP contribution in [0.15, 0.2) is 16.8 Å². The van der Waals surface area contributed by atoms with Crippen LogP contribution in [0.4, 0.5) is 0 Å². The molecule has 0 aromatic carbocycles. The molecule has 0 N–H and O–H groups in total. The van der Waals surface area contributed by atoms with E-state index in [0.29, 0.717) is 0 Å². The number of hydrogen-bond acceptors (Lipinski definition) is 3.